The summed E-state index contributed by atoms with van der Waals surface area (Å²) in [5.74, 6) is -0.0365. The summed E-state index contributed by atoms with van der Waals surface area (Å²) in [7, 11) is 0. The largest absolute Gasteiger partial charge is 0.508 e. The minimum absolute atomic E-state index is 0.00930. The molecule has 3 N–H and O–H groups in total. The molecule has 2 aliphatic heterocycles. The lowest BCUT2D eigenvalue weighted by atomic mass is 10.0. The summed E-state index contributed by atoms with van der Waals surface area (Å²) in [6, 6.07) is 14.8. The second kappa shape index (κ2) is 13.5. The molecule has 11 nitrogen and oxygen atoms in total. The summed E-state index contributed by atoms with van der Waals surface area (Å²) in [5, 5.41) is 2.33. The Morgan fingerprint density at radius 1 is 1.16 bits per heavy atom. The normalized spacial score (nSPS) is 18.9. The standard InChI is InChI=1S/C23H25ClN2O5.C2H4N2O2/c1-2-30-23(28)31-20-13-21(26(14-20)19-9-5-17(24)6-10-19)16-3-7-18(8-4-16)25-11-12-29-15-22(25)27;3-2(6)4-1-5/h3-10,20-21H,2,11-15H2,1H3;1H,(H3,3,4,5,6)/t20-,21-;/m1./s1. The Morgan fingerprint density at radius 2 is 1.84 bits per heavy atom. The molecule has 0 aromatic heterocycles. The Bertz CT molecular complexity index is 1080. The Morgan fingerprint density at radius 3 is 2.41 bits per heavy atom. The van der Waals surface area contributed by atoms with Crippen LogP contribution in [0.5, 0.6) is 0 Å². The SMILES string of the molecule is CCOC(=O)O[C@@H]1C[C@H](c2ccc(N3CCOCC3=O)cc2)N(c2ccc(Cl)cc2)C1.NC(=O)NC=O. The van der Waals surface area contributed by atoms with Crippen LogP contribution in [0.4, 0.5) is 21.0 Å². The molecule has 0 radical (unpaired) electrons. The van der Waals surface area contributed by atoms with Crippen molar-refractivity contribution in [3.63, 3.8) is 0 Å². The zero-order valence-electron chi connectivity index (χ0n) is 20.3. The fourth-order valence-corrected chi connectivity index (χ4v) is 4.26. The van der Waals surface area contributed by atoms with Crippen molar-refractivity contribution in [2.45, 2.75) is 25.5 Å². The van der Waals surface area contributed by atoms with Gasteiger partial charge >= 0.3 is 12.2 Å². The molecule has 198 valence electrons. The highest BCUT2D eigenvalue weighted by molar-refractivity contribution is 6.30. The maximum absolute atomic E-state index is 12.1. The highest BCUT2D eigenvalue weighted by atomic mass is 35.5. The van der Waals surface area contributed by atoms with Crippen LogP contribution in [-0.2, 0) is 23.8 Å². The number of anilines is 2. The van der Waals surface area contributed by atoms with E-state index in [1.807, 2.05) is 48.5 Å². The number of nitrogens with two attached hydrogens (primary N) is 1. The van der Waals surface area contributed by atoms with E-state index in [2.05, 4.69) is 10.6 Å². The maximum atomic E-state index is 12.1. The molecule has 0 bridgehead atoms. The third-order valence-electron chi connectivity index (χ3n) is 5.72. The van der Waals surface area contributed by atoms with Crippen LogP contribution in [0.25, 0.3) is 0 Å². The lowest BCUT2D eigenvalue weighted by molar-refractivity contribution is -0.125. The topological polar surface area (TPSA) is 140 Å². The first-order valence-corrected chi connectivity index (χ1v) is 12.0. The van der Waals surface area contributed by atoms with Gasteiger partial charge in [0.15, 0.2) is 0 Å². The number of nitrogens with zero attached hydrogens (tertiary/aromatic N) is 2. The predicted octanol–water partition coefficient (Wildman–Crippen LogP) is 3.01. The molecule has 2 atom stereocenters. The van der Waals surface area contributed by atoms with Gasteiger partial charge in [-0.25, -0.2) is 9.59 Å². The molecule has 12 heteroatoms. The van der Waals surface area contributed by atoms with Crippen LogP contribution >= 0.6 is 11.6 Å². The number of ether oxygens (including phenoxy) is 3. The van der Waals surface area contributed by atoms with E-state index < -0.39 is 12.2 Å². The Hall–Kier alpha value is -3.83. The molecule has 0 saturated carbocycles. The van der Waals surface area contributed by atoms with E-state index in [9.17, 15) is 19.2 Å². The summed E-state index contributed by atoms with van der Waals surface area (Å²) in [6.07, 6.45) is -0.0785. The fraction of sp³-hybridized carbons (Fsp3) is 0.360. The molecular weight excluding hydrogens is 504 g/mol. The quantitative estimate of drug-likeness (QED) is 0.427. The number of hydrogen-bond donors (Lipinski definition) is 2. The minimum atomic E-state index is -0.829. The molecule has 4 rings (SSSR count). The van der Waals surface area contributed by atoms with E-state index in [0.29, 0.717) is 31.1 Å². The van der Waals surface area contributed by atoms with Gasteiger partial charge in [0.05, 0.1) is 25.8 Å². The van der Waals surface area contributed by atoms with Crippen LogP contribution in [0.1, 0.15) is 24.9 Å². The Labute approximate surface area is 219 Å². The second-order valence-corrected chi connectivity index (χ2v) is 8.56. The number of hydrogen-bond acceptors (Lipinski definition) is 8. The van der Waals surface area contributed by atoms with E-state index in [4.69, 9.17) is 25.8 Å². The van der Waals surface area contributed by atoms with Crippen molar-refractivity contribution in [1.82, 2.24) is 5.32 Å². The molecule has 2 aromatic carbocycles. The van der Waals surface area contributed by atoms with E-state index in [0.717, 1.165) is 16.9 Å². The number of amides is 4. The summed E-state index contributed by atoms with van der Waals surface area (Å²) in [5.41, 5.74) is 7.35. The van der Waals surface area contributed by atoms with Crippen LogP contribution in [0, 0.1) is 0 Å². The number of primary amides is 1. The smallest absolute Gasteiger partial charge is 0.435 e. The number of urea groups is 1. The monoisotopic (exact) mass is 532 g/mol. The van der Waals surface area contributed by atoms with Gasteiger partial charge in [0, 0.05) is 29.4 Å². The van der Waals surface area contributed by atoms with Crippen molar-refractivity contribution < 1.29 is 33.4 Å². The molecule has 37 heavy (non-hydrogen) atoms. The van der Waals surface area contributed by atoms with Crippen molar-refractivity contribution in [3.8, 4) is 0 Å². The Kier molecular flexibility index (Phi) is 10.1. The number of rotatable bonds is 6. The molecule has 0 spiro atoms. The summed E-state index contributed by atoms with van der Waals surface area (Å²) in [6.45, 7) is 3.77. The lowest BCUT2D eigenvalue weighted by Gasteiger charge is -2.29. The number of nitrogens with one attached hydrogen (secondary N) is 1. The molecule has 2 aliphatic rings. The maximum Gasteiger partial charge on any atom is 0.508 e. The van der Waals surface area contributed by atoms with E-state index in [1.54, 1.807) is 17.1 Å². The zero-order chi connectivity index (χ0) is 26.8. The molecule has 2 heterocycles. The molecule has 0 aliphatic carbocycles. The average molecular weight is 533 g/mol. The number of carbonyl (C=O) groups is 4. The van der Waals surface area contributed by atoms with Gasteiger partial charge in [-0.05, 0) is 48.9 Å². The average Bonchev–Trinajstić information content (AvgIpc) is 3.29. The zero-order valence-corrected chi connectivity index (χ0v) is 21.1. The van der Waals surface area contributed by atoms with Crippen LogP contribution in [0.3, 0.4) is 0 Å². The van der Waals surface area contributed by atoms with E-state index in [-0.39, 0.29) is 37.7 Å². The second-order valence-electron chi connectivity index (χ2n) is 8.12. The molecule has 2 aromatic rings. The predicted molar refractivity (Wildman–Crippen MR) is 136 cm³/mol. The number of carbonyl (C=O) groups excluding carboxylic acids is 4. The number of benzene rings is 2. The molecule has 2 saturated heterocycles. The number of imide groups is 1. The van der Waals surface area contributed by atoms with Crippen LogP contribution in [-0.4, -0.2) is 63.5 Å². The van der Waals surface area contributed by atoms with Crippen molar-refractivity contribution in [2.24, 2.45) is 5.73 Å². The van der Waals surface area contributed by atoms with E-state index >= 15 is 0 Å². The van der Waals surface area contributed by atoms with E-state index in [1.165, 1.54) is 0 Å². The van der Waals surface area contributed by atoms with Gasteiger partial charge in [0.1, 0.15) is 12.7 Å². The summed E-state index contributed by atoms with van der Waals surface area (Å²) in [4.78, 5) is 46.6. The fourth-order valence-electron chi connectivity index (χ4n) is 4.13. The van der Waals surface area contributed by atoms with Gasteiger partial charge in [-0.3, -0.25) is 14.9 Å². The third-order valence-corrected chi connectivity index (χ3v) is 5.97. The van der Waals surface area contributed by atoms with Gasteiger partial charge in [-0.15, -0.1) is 0 Å². The summed E-state index contributed by atoms with van der Waals surface area (Å²) >= 11 is 6.06. The third kappa shape index (κ3) is 7.83. The van der Waals surface area contributed by atoms with Gasteiger partial charge in [-0.2, -0.15) is 0 Å². The van der Waals surface area contributed by atoms with Crippen molar-refractivity contribution in [1.29, 1.82) is 0 Å². The van der Waals surface area contributed by atoms with Gasteiger partial charge in [-0.1, -0.05) is 23.7 Å². The summed E-state index contributed by atoms with van der Waals surface area (Å²) < 4.78 is 15.7. The van der Waals surface area contributed by atoms with Crippen LogP contribution in [0.15, 0.2) is 48.5 Å². The van der Waals surface area contributed by atoms with Crippen LogP contribution < -0.4 is 20.9 Å². The number of halogens is 1. The minimum Gasteiger partial charge on any atom is -0.435 e. The lowest BCUT2D eigenvalue weighted by Crippen LogP contribution is -2.41. The molecular formula is C25H29ClN4O7. The van der Waals surface area contributed by atoms with Crippen molar-refractivity contribution in [3.05, 3.63) is 59.1 Å². The first kappa shape index (κ1) is 27.8. The highest BCUT2D eigenvalue weighted by Crippen LogP contribution is 2.38. The first-order chi connectivity index (χ1) is 17.8. The van der Waals surface area contributed by atoms with Gasteiger partial charge in [0.2, 0.25) is 6.41 Å². The molecule has 0 unspecified atom stereocenters. The van der Waals surface area contributed by atoms with Crippen LogP contribution in [0.2, 0.25) is 5.02 Å². The molecule has 4 amide bonds. The van der Waals surface area contributed by atoms with Crippen molar-refractivity contribution >= 4 is 47.5 Å². The molecule has 2 fully saturated rings. The highest BCUT2D eigenvalue weighted by Gasteiger charge is 2.36. The number of morpholine rings is 1. The Balaban J connectivity index is 0.000000568. The van der Waals surface area contributed by atoms with Gasteiger partial charge in [0.25, 0.3) is 5.91 Å². The van der Waals surface area contributed by atoms with Crippen molar-refractivity contribution in [2.75, 3.05) is 42.7 Å². The van der Waals surface area contributed by atoms with Gasteiger partial charge < -0.3 is 29.7 Å². The first-order valence-electron chi connectivity index (χ1n) is 11.7.